The van der Waals surface area contributed by atoms with E-state index in [1.54, 1.807) is 13.2 Å². The van der Waals surface area contributed by atoms with Gasteiger partial charge in [-0.05, 0) is 32.0 Å². The normalized spacial score (nSPS) is 11.1. The molecule has 0 unspecified atom stereocenters. The molecular weight excluding hydrogens is 305 g/mol. The van der Waals surface area contributed by atoms with Crippen molar-refractivity contribution in [1.82, 2.24) is 5.32 Å². The molecular formula is C12H19BrClNO2. The van der Waals surface area contributed by atoms with Crippen LogP contribution in [0.25, 0.3) is 0 Å². The third-order valence-corrected chi connectivity index (χ3v) is 2.80. The van der Waals surface area contributed by atoms with Gasteiger partial charge in [0.2, 0.25) is 0 Å². The molecule has 2 N–H and O–H groups in total. The minimum absolute atomic E-state index is 0. The van der Waals surface area contributed by atoms with E-state index in [2.05, 4.69) is 35.1 Å². The molecule has 0 spiro atoms. The highest BCUT2D eigenvalue weighted by atomic mass is 79.9. The molecule has 0 bridgehead atoms. The zero-order chi connectivity index (χ0) is 12.2. The molecule has 17 heavy (non-hydrogen) atoms. The zero-order valence-corrected chi connectivity index (χ0v) is 12.7. The third-order valence-electron chi connectivity index (χ3n) is 2.30. The second kappa shape index (κ2) is 7.21. The number of phenolic OH excluding ortho intramolecular Hbond substituents is 1. The minimum Gasteiger partial charge on any atom is -0.508 e. The summed E-state index contributed by atoms with van der Waals surface area (Å²) >= 11 is 3.38. The van der Waals surface area contributed by atoms with E-state index in [4.69, 9.17) is 4.74 Å². The summed E-state index contributed by atoms with van der Waals surface area (Å²) in [6.07, 6.45) is 0. The van der Waals surface area contributed by atoms with Crippen molar-refractivity contribution in [3.63, 3.8) is 0 Å². The Labute approximate surface area is 117 Å². The summed E-state index contributed by atoms with van der Waals surface area (Å²) in [6, 6.07) is 5.41. The molecule has 1 aromatic carbocycles. The summed E-state index contributed by atoms with van der Waals surface area (Å²) in [5, 5.41) is 13.0. The monoisotopic (exact) mass is 323 g/mol. The van der Waals surface area contributed by atoms with E-state index in [0.29, 0.717) is 18.9 Å². The van der Waals surface area contributed by atoms with Crippen molar-refractivity contribution in [3.8, 4) is 5.75 Å². The van der Waals surface area contributed by atoms with Crippen molar-refractivity contribution in [2.24, 2.45) is 0 Å². The number of methoxy groups -OCH3 is 1. The van der Waals surface area contributed by atoms with Crippen LogP contribution in [0.15, 0.2) is 22.7 Å². The molecule has 0 atom stereocenters. The van der Waals surface area contributed by atoms with Gasteiger partial charge in [0, 0.05) is 29.2 Å². The highest BCUT2D eigenvalue weighted by Crippen LogP contribution is 2.22. The number of hydrogen-bond donors (Lipinski definition) is 2. The van der Waals surface area contributed by atoms with Gasteiger partial charge in [-0.3, -0.25) is 0 Å². The smallest absolute Gasteiger partial charge is 0.120 e. The van der Waals surface area contributed by atoms with Gasteiger partial charge in [0.25, 0.3) is 0 Å². The van der Waals surface area contributed by atoms with Crippen molar-refractivity contribution in [2.75, 3.05) is 13.7 Å². The maximum absolute atomic E-state index is 9.67. The SMILES string of the molecule is COCC(C)(C)NCc1cc(Br)ccc1O.Cl. The largest absolute Gasteiger partial charge is 0.508 e. The van der Waals surface area contributed by atoms with Crippen molar-refractivity contribution in [3.05, 3.63) is 28.2 Å². The fourth-order valence-corrected chi connectivity index (χ4v) is 1.85. The number of nitrogens with one attached hydrogen (secondary N) is 1. The molecule has 1 rings (SSSR count). The maximum Gasteiger partial charge on any atom is 0.120 e. The molecule has 0 aliphatic heterocycles. The van der Waals surface area contributed by atoms with Crippen molar-refractivity contribution >= 4 is 28.3 Å². The molecule has 5 heteroatoms. The fraction of sp³-hybridized carbons (Fsp3) is 0.500. The van der Waals surface area contributed by atoms with E-state index < -0.39 is 0 Å². The molecule has 0 heterocycles. The van der Waals surface area contributed by atoms with Gasteiger partial charge < -0.3 is 15.2 Å². The van der Waals surface area contributed by atoms with Gasteiger partial charge in [-0.2, -0.15) is 0 Å². The van der Waals surface area contributed by atoms with Gasteiger partial charge in [0.1, 0.15) is 5.75 Å². The van der Waals surface area contributed by atoms with Crippen LogP contribution in [0.2, 0.25) is 0 Å². The van der Waals surface area contributed by atoms with Crippen LogP contribution in [0.4, 0.5) is 0 Å². The molecule has 0 aliphatic carbocycles. The first kappa shape index (κ1) is 16.7. The zero-order valence-electron chi connectivity index (χ0n) is 10.3. The number of phenols is 1. The second-order valence-corrected chi connectivity index (χ2v) is 5.36. The summed E-state index contributed by atoms with van der Waals surface area (Å²) < 4.78 is 6.08. The van der Waals surface area contributed by atoms with Crippen LogP contribution in [0.1, 0.15) is 19.4 Å². The molecule has 0 aliphatic rings. The maximum atomic E-state index is 9.67. The van der Waals surface area contributed by atoms with Crippen LogP contribution in [-0.2, 0) is 11.3 Å². The Hall–Kier alpha value is -0.290. The van der Waals surface area contributed by atoms with E-state index in [9.17, 15) is 5.11 Å². The molecule has 0 saturated heterocycles. The Morgan fingerprint density at radius 2 is 2.06 bits per heavy atom. The predicted octanol–water partition coefficient (Wildman–Crippen LogP) is 3.09. The first-order valence-electron chi connectivity index (χ1n) is 5.16. The number of rotatable bonds is 5. The molecule has 1 aromatic rings. The second-order valence-electron chi connectivity index (χ2n) is 4.44. The average molecular weight is 325 g/mol. The summed E-state index contributed by atoms with van der Waals surface area (Å²) in [4.78, 5) is 0. The quantitative estimate of drug-likeness (QED) is 0.874. The van der Waals surface area contributed by atoms with Gasteiger partial charge in [-0.25, -0.2) is 0 Å². The Balaban J connectivity index is 0.00000256. The van der Waals surface area contributed by atoms with Crippen LogP contribution in [0.5, 0.6) is 5.75 Å². The average Bonchev–Trinajstić information content (AvgIpc) is 2.19. The molecule has 3 nitrogen and oxygen atoms in total. The van der Waals surface area contributed by atoms with Gasteiger partial charge in [-0.1, -0.05) is 15.9 Å². The molecule has 0 aromatic heterocycles. The molecule has 0 amide bonds. The van der Waals surface area contributed by atoms with E-state index in [-0.39, 0.29) is 17.9 Å². The third kappa shape index (κ3) is 5.73. The number of ether oxygens (including phenoxy) is 1. The lowest BCUT2D eigenvalue weighted by Crippen LogP contribution is -2.42. The van der Waals surface area contributed by atoms with Gasteiger partial charge in [-0.15, -0.1) is 12.4 Å². The number of hydrogen-bond acceptors (Lipinski definition) is 3. The fourth-order valence-electron chi connectivity index (χ4n) is 1.44. The van der Waals surface area contributed by atoms with Gasteiger partial charge in [0.05, 0.1) is 6.61 Å². The topological polar surface area (TPSA) is 41.5 Å². The highest BCUT2D eigenvalue weighted by Gasteiger charge is 2.16. The van der Waals surface area contributed by atoms with Gasteiger partial charge in [0.15, 0.2) is 0 Å². The summed E-state index contributed by atoms with van der Waals surface area (Å²) in [5.41, 5.74) is 0.766. The van der Waals surface area contributed by atoms with Crippen LogP contribution in [0, 0.1) is 0 Å². The highest BCUT2D eigenvalue weighted by molar-refractivity contribution is 9.10. The Bertz CT molecular complexity index is 358. The van der Waals surface area contributed by atoms with Crippen molar-refractivity contribution in [2.45, 2.75) is 25.9 Å². The first-order chi connectivity index (χ1) is 7.44. The summed E-state index contributed by atoms with van der Waals surface area (Å²) in [7, 11) is 1.68. The predicted molar refractivity (Wildman–Crippen MR) is 75.8 cm³/mol. The lowest BCUT2D eigenvalue weighted by Gasteiger charge is -2.25. The van der Waals surface area contributed by atoms with Crippen LogP contribution in [0.3, 0.4) is 0 Å². The number of benzene rings is 1. The molecule has 0 saturated carbocycles. The lowest BCUT2D eigenvalue weighted by molar-refractivity contribution is 0.127. The van der Waals surface area contributed by atoms with Crippen LogP contribution in [-0.4, -0.2) is 24.4 Å². The number of halogens is 2. The Kier molecular flexibility index (Phi) is 7.09. The van der Waals surface area contributed by atoms with Crippen LogP contribution < -0.4 is 5.32 Å². The van der Waals surface area contributed by atoms with E-state index in [1.807, 2.05) is 12.1 Å². The summed E-state index contributed by atoms with van der Waals surface area (Å²) in [5.74, 6) is 0.309. The van der Waals surface area contributed by atoms with E-state index in [1.165, 1.54) is 0 Å². The molecule has 0 fully saturated rings. The molecule has 98 valence electrons. The minimum atomic E-state index is -0.108. The Morgan fingerprint density at radius 3 is 2.65 bits per heavy atom. The first-order valence-corrected chi connectivity index (χ1v) is 5.95. The van der Waals surface area contributed by atoms with E-state index in [0.717, 1.165) is 10.0 Å². The van der Waals surface area contributed by atoms with Crippen molar-refractivity contribution < 1.29 is 9.84 Å². The number of aromatic hydroxyl groups is 1. The lowest BCUT2D eigenvalue weighted by atomic mass is 10.1. The van der Waals surface area contributed by atoms with Gasteiger partial charge >= 0.3 is 0 Å². The van der Waals surface area contributed by atoms with Crippen molar-refractivity contribution in [1.29, 1.82) is 0 Å². The molecule has 0 radical (unpaired) electrons. The Morgan fingerprint density at radius 1 is 1.41 bits per heavy atom. The van der Waals surface area contributed by atoms with E-state index >= 15 is 0 Å². The summed E-state index contributed by atoms with van der Waals surface area (Å²) in [6.45, 7) is 5.36. The standard InChI is InChI=1S/C12H18BrNO2.ClH/c1-12(2,8-16-3)14-7-9-6-10(13)4-5-11(9)15;/h4-6,14-15H,7-8H2,1-3H3;1H. The van der Waals surface area contributed by atoms with Crippen LogP contribution >= 0.6 is 28.3 Å².